The Balaban J connectivity index is 1.75. The largest absolute Gasteiger partial charge is 0.374 e. The van der Waals surface area contributed by atoms with Crippen molar-refractivity contribution < 1.29 is 4.74 Å². The zero-order valence-electron chi connectivity index (χ0n) is 13.8. The van der Waals surface area contributed by atoms with E-state index in [-0.39, 0.29) is 5.41 Å². The molecule has 2 bridgehead atoms. The van der Waals surface area contributed by atoms with Crippen molar-refractivity contribution in [1.29, 1.82) is 0 Å². The smallest absolute Gasteiger partial charge is 0.0663 e. The van der Waals surface area contributed by atoms with Crippen molar-refractivity contribution in [1.82, 2.24) is 0 Å². The minimum absolute atomic E-state index is 0.240. The van der Waals surface area contributed by atoms with Crippen LogP contribution in [0.1, 0.15) is 73.1 Å². The van der Waals surface area contributed by atoms with Gasteiger partial charge in [-0.05, 0) is 55.3 Å². The quantitative estimate of drug-likeness (QED) is 0.631. The molecule has 5 atom stereocenters. The highest BCUT2D eigenvalue weighted by Gasteiger charge is 2.64. The van der Waals surface area contributed by atoms with Gasteiger partial charge >= 0.3 is 0 Å². The van der Waals surface area contributed by atoms with E-state index in [1.807, 2.05) is 0 Å². The van der Waals surface area contributed by atoms with Crippen molar-refractivity contribution in [3.05, 3.63) is 0 Å². The van der Waals surface area contributed by atoms with Gasteiger partial charge in [0.15, 0.2) is 0 Å². The summed E-state index contributed by atoms with van der Waals surface area (Å²) in [5, 5.41) is 0.321. The third-order valence-electron chi connectivity index (χ3n) is 8.05. The maximum atomic E-state index is 6.70. The van der Waals surface area contributed by atoms with Crippen LogP contribution in [0.4, 0.5) is 0 Å². The Labute approximate surface area is 129 Å². The molecule has 3 aliphatic rings. The predicted molar refractivity (Wildman–Crippen MR) is 85.2 cm³/mol. The van der Waals surface area contributed by atoms with Crippen LogP contribution in [0.2, 0.25) is 0 Å². The van der Waals surface area contributed by atoms with E-state index in [1.165, 1.54) is 19.3 Å². The zero-order valence-corrected chi connectivity index (χ0v) is 14.6. The van der Waals surface area contributed by atoms with Crippen LogP contribution in [0.15, 0.2) is 0 Å². The Morgan fingerprint density at radius 3 is 2.10 bits per heavy atom. The van der Waals surface area contributed by atoms with Crippen molar-refractivity contribution in [2.75, 3.05) is 0 Å². The van der Waals surface area contributed by atoms with Crippen LogP contribution in [0.3, 0.4) is 0 Å². The summed E-state index contributed by atoms with van der Waals surface area (Å²) >= 11 is 6.54. The lowest BCUT2D eigenvalue weighted by Crippen LogP contribution is -2.57. The summed E-state index contributed by atoms with van der Waals surface area (Å²) in [6, 6.07) is 0. The average Bonchev–Trinajstić information content (AvgIpc) is 2.73. The monoisotopic (exact) mass is 298 g/mol. The Kier molecular flexibility index (Phi) is 3.50. The third-order valence-corrected chi connectivity index (χ3v) is 8.66. The first-order valence-electron chi connectivity index (χ1n) is 8.61. The molecule has 116 valence electrons. The molecule has 3 fully saturated rings. The highest BCUT2D eigenvalue weighted by molar-refractivity contribution is 6.21. The van der Waals surface area contributed by atoms with Gasteiger partial charge in [0.1, 0.15) is 0 Å². The van der Waals surface area contributed by atoms with Gasteiger partial charge in [0.2, 0.25) is 0 Å². The van der Waals surface area contributed by atoms with Crippen molar-refractivity contribution in [3.63, 3.8) is 0 Å². The van der Waals surface area contributed by atoms with Gasteiger partial charge in [-0.1, -0.05) is 34.6 Å². The summed E-state index contributed by atoms with van der Waals surface area (Å²) in [5.74, 6) is 0.863. The van der Waals surface area contributed by atoms with Gasteiger partial charge in [0.25, 0.3) is 0 Å². The van der Waals surface area contributed by atoms with Crippen molar-refractivity contribution in [2.45, 2.75) is 90.7 Å². The number of halogens is 1. The van der Waals surface area contributed by atoms with Gasteiger partial charge in [-0.25, -0.2) is 0 Å². The molecule has 20 heavy (non-hydrogen) atoms. The highest BCUT2D eigenvalue weighted by atomic mass is 35.5. The molecule has 1 nitrogen and oxygen atoms in total. The fourth-order valence-electron chi connectivity index (χ4n) is 5.57. The lowest BCUT2D eigenvalue weighted by atomic mass is 9.62. The molecule has 0 aliphatic heterocycles. The molecule has 0 aromatic carbocycles. The fourth-order valence-corrected chi connectivity index (χ4v) is 6.18. The van der Waals surface area contributed by atoms with Gasteiger partial charge in [0.05, 0.1) is 12.2 Å². The predicted octanol–water partition coefficient (Wildman–Crippen LogP) is 5.40. The SMILES string of the molecule is CCC1(CC)C(Cl)CC1OC1CC2CCC1(C)C2(C)C. The van der Waals surface area contributed by atoms with Crippen molar-refractivity contribution in [3.8, 4) is 0 Å². The molecule has 0 aromatic heterocycles. The molecule has 3 saturated carbocycles. The number of fused-ring (bicyclic) bond motifs is 2. The van der Waals surface area contributed by atoms with Gasteiger partial charge in [0, 0.05) is 10.8 Å². The number of hydrogen-bond acceptors (Lipinski definition) is 1. The van der Waals surface area contributed by atoms with Crippen LogP contribution in [0, 0.1) is 22.2 Å². The van der Waals surface area contributed by atoms with Crippen LogP contribution < -0.4 is 0 Å². The van der Waals surface area contributed by atoms with E-state index in [4.69, 9.17) is 16.3 Å². The minimum atomic E-state index is 0.240. The average molecular weight is 299 g/mol. The Morgan fingerprint density at radius 2 is 1.70 bits per heavy atom. The summed E-state index contributed by atoms with van der Waals surface area (Å²) < 4.78 is 6.70. The molecule has 0 N–H and O–H groups in total. The van der Waals surface area contributed by atoms with Crippen molar-refractivity contribution >= 4 is 11.6 Å². The molecule has 3 aliphatic carbocycles. The van der Waals surface area contributed by atoms with E-state index in [0.717, 1.165) is 25.2 Å². The fraction of sp³-hybridized carbons (Fsp3) is 1.00. The van der Waals surface area contributed by atoms with Crippen LogP contribution in [-0.4, -0.2) is 17.6 Å². The van der Waals surface area contributed by atoms with Crippen molar-refractivity contribution in [2.24, 2.45) is 22.2 Å². The van der Waals surface area contributed by atoms with E-state index in [0.29, 0.717) is 28.4 Å². The summed E-state index contributed by atoms with van der Waals surface area (Å²) in [6.45, 7) is 12.0. The van der Waals surface area contributed by atoms with E-state index in [2.05, 4.69) is 34.6 Å². The molecule has 0 amide bonds. The second kappa shape index (κ2) is 4.62. The lowest BCUT2D eigenvalue weighted by Gasteiger charge is -2.55. The summed E-state index contributed by atoms with van der Waals surface area (Å²) in [4.78, 5) is 0. The zero-order chi connectivity index (χ0) is 14.8. The molecule has 3 rings (SSSR count). The summed E-state index contributed by atoms with van der Waals surface area (Å²) in [6.07, 6.45) is 8.24. The van der Waals surface area contributed by atoms with Gasteiger partial charge < -0.3 is 4.74 Å². The minimum Gasteiger partial charge on any atom is -0.374 e. The molecule has 0 radical (unpaired) electrons. The van der Waals surface area contributed by atoms with Crippen LogP contribution in [-0.2, 0) is 4.74 Å². The normalized spacial score (nSPS) is 48.3. The summed E-state index contributed by atoms with van der Waals surface area (Å²) in [7, 11) is 0. The second-order valence-electron chi connectivity index (χ2n) is 8.37. The van der Waals surface area contributed by atoms with E-state index < -0.39 is 0 Å². The van der Waals surface area contributed by atoms with Crippen LogP contribution >= 0.6 is 11.6 Å². The molecule has 5 unspecified atom stereocenters. The Bertz CT molecular complexity index is 387. The molecule has 2 heteroatoms. The molecular formula is C18H31ClO. The third kappa shape index (κ3) is 1.66. The second-order valence-corrected chi connectivity index (χ2v) is 8.89. The standard InChI is InChI=1S/C18H31ClO/c1-6-18(7-2)13(19)11-15(18)20-14-10-12-8-9-17(14,5)16(12,3)4/h12-15H,6-11H2,1-5H3. The summed E-state index contributed by atoms with van der Waals surface area (Å²) in [5.41, 5.74) is 1.06. The van der Waals surface area contributed by atoms with Gasteiger partial charge in [-0.2, -0.15) is 0 Å². The number of rotatable bonds is 4. The first kappa shape index (κ1) is 15.2. The number of ether oxygens (including phenoxy) is 1. The topological polar surface area (TPSA) is 9.23 Å². The van der Waals surface area contributed by atoms with E-state index in [9.17, 15) is 0 Å². The molecule has 0 aromatic rings. The first-order valence-corrected chi connectivity index (χ1v) is 9.05. The van der Waals surface area contributed by atoms with Gasteiger partial charge in [-0.3, -0.25) is 0 Å². The lowest BCUT2D eigenvalue weighted by molar-refractivity contribution is -0.175. The molecule has 0 saturated heterocycles. The molecular weight excluding hydrogens is 268 g/mol. The molecule has 0 spiro atoms. The van der Waals surface area contributed by atoms with Crippen LogP contribution in [0.25, 0.3) is 0 Å². The van der Waals surface area contributed by atoms with Gasteiger partial charge in [-0.15, -0.1) is 11.6 Å². The number of hydrogen-bond donors (Lipinski definition) is 0. The Hall–Kier alpha value is 0.250. The van der Waals surface area contributed by atoms with E-state index >= 15 is 0 Å². The number of alkyl halides is 1. The first-order chi connectivity index (χ1) is 9.31. The highest BCUT2D eigenvalue weighted by Crippen LogP contribution is 2.67. The molecule has 0 heterocycles. The van der Waals surface area contributed by atoms with Crippen LogP contribution in [0.5, 0.6) is 0 Å². The maximum Gasteiger partial charge on any atom is 0.0663 e. The van der Waals surface area contributed by atoms with E-state index in [1.54, 1.807) is 0 Å². The maximum absolute atomic E-state index is 6.70. The Morgan fingerprint density at radius 1 is 1.05 bits per heavy atom.